The summed E-state index contributed by atoms with van der Waals surface area (Å²) in [5, 5.41) is 0.804. The lowest BCUT2D eigenvalue weighted by Gasteiger charge is -2.03. The van der Waals surface area contributed by atoms with Gasteiger partial charge in [0.2, 0.25) is 11.1 Å². The van der Waals surface area contributed by atoms with Gasteiger partial charge in [-0.05, 0) is 12.1 Å². The molecular weight excluding hydrogens is 280 g/mol. The number of nitrogen functional groups attached to an aromatic ring is 1. The number of methoxy groups -OCH3 is 1. The minimum absolute atomic E-state index is 0.159. The molecular formula is C11H10N6O2S. The van der Waals surface area contributed by atoms with Gasteiger partial charge in [0.05, 0.1) is 7.11 Å². The average molecular weight is 290 g/mol. The molecule has 0 fully saturated rings. The maximum Gasteiger partial charge on any atom is 0.322 e. The van der Waals surface area contributed by atoms with Crippen LogP contribution in [-0.2, 0) is 0 Å². The number of hydrogen-bond donors (Lipinski definition) is 2. The number of nitrogens with one attached hydrogen (secondary N) is 1. The van der Waals surface area contributed by atoms with E-state index in [1.54, 1.807) is 0 Å². The molecule has 3 N–H and O–H groups in total. The Morgan fingerprint density at radius 1 is 1.20 bits per heavy atom. The first-order valence-corrected chi connectivity index (χ1v) is 6.40. The van der Waals surface area contributed by atoms with E-state index in [0.29, 0.717) is 16.0 Å². The number of para-hydroxylation sites is 2. The van der Waals surface area contributed by atoms with Crippen LogP contribution in [0.25, 0.3) is 11.1 Å². The Hall–Kier alpha value is -2.39. The topological polar surface area (TPSA) is 112 Å². The summed E-state index contributed by atoms with van der Waals surface area (Å²) >= 11 is 1.16. The SMILES string of the molecule is COc1nc(NN)nc(Sc2nc3ccccc3o2)n1. The van der Waals surface area contributed by atoms with E-state index in [1.165, 1.54) is 7.11 Å². The number of aromatic nitrogens is 4. The molecule has 0 atom stereocenters. The number of hydrazine groups is 1. The van der Waals surface area contributed by atoms with Gasteiger partial charge in [0.15, 0.2) is 5.58 Å². The zero-order valence-electron chi connectivity index (χ0n) is 10.4. The van der Waals surface area contributed by atoms with Crippen LogP contribution in [-0.4, -0.2) is 27.0 Å². The molecule has 0 aliphatic rings. The Morgan fingerprint density at radius 3 is 2.80 bits per heavy atom. The Balaban J connectivity index is 1.93. The van der Waals surface area contributed by atoms with Crippen LogP contribution >= 0.6 is 11.8 Å². The molecule has 0 aliphatic heterocycles. The monoisotopic (exact) mass is 290 g/mol. The number of oxazole rings is 1. The van der Waals surface area contributed by atoms with E-state index in [9.17, 15) is 0 Å². The van der Waals surface area contributed by atoms with Gasteiger partial charge in [0, 0.05) is 11.8 Å². The van der Waals surface area contributed by atoms with E-state index in [-0.39, 0.29) is 12.0 Å². The highest BCUT2D eigenvalue weighted by Crippen LogP contribution is 2.28. The molecule has 0 amide bonds. The van der Waals surface area contributed by atoms with E-state index in [1.807, 2.05) is 24.3 Å². The molecule has 9 heteroatoms. The summed E-state index contributed by atoms with van der Waals surface area (Å²) in [4.78, 5) is 16.4. The van der Waals surface area contributed by atoms with E-state index in [4.69, 9.17) is 15.0 Å². The molecule has 0 radical (unpaired) electrons. The third-order valence-corrected chi connectivity index (χ3v) is 3.07. The van der Waals surface area contributed by atoms with Gasteiger partial charge >= 0.3 is 6.01 Å². The summed E-state index contributed by atoms with van der Waals surface area (Å²) in [6, 6.07) is 7.63. The number of ether oxygens (including phenoxy) is 1. The van der Waals surface area contributed by atoms with E-state index in [2.05, 4.69) is 25.4 Å². The molecule has 0 spiro atoms. The number of anilines is 1. The highest BCUT2D eigenvalue weighted by atomic mass is 32.2. The third-order valence-electron chi connectivity index (χ3n) is 2.36. The van der Waals surface area contributed by atoms with E-state index < -0.39 is 0 Å². The first-order chi connectivity index (χ1) is 9.78. The number of fused-ring (bicyclic) bond motifs is 1. The van der Waals surface area contributed by atoms with Gasteiger partial charge in [-0.2, -0.15) is 15.0 Å². The molecule has 20 heavy (non-hydrogen) atoms. The second-order valence-electron chi connectivity index (χ2n) is 3.62. The molecule has 2 aromatic heterocycles. The zero-order valence-corrected chi connectivity index (χ0v) is 11.2. The number of benzene rings is 1. The first kappa shape index (κ1) is 12.6. The number of rotatable bonds is 4. The highest BCUT2D eigenvalue weighted by Gasteiger charge is 2.12. The van der Waals surface area contributed by atoms with Crippen molar-refractivity contribution in [3.05, 3.63) is 24.3 Å². The van der Waals surface area contributed by atoms with Gasteiger partial charge in [-0.3, -0.25) is 5.43 Å². The van der Waals surface area contributed by atoms with Crippen LogP contribution in [0.2, 0.25) is 0 Å². The Bertz CT molecular complexity index is 691. The smallest absolute Gasteiger partial charge is 0.322 e. The van der Waals surface area contributed by atoms with Crippen LogP contribution < -0.4 is 16.0 Å². The molecule has 0 unspecified atom stereocenters. The van der Waals surface area contributed by atoms with Gasteiger partial charge < -0.3 is 9.15 Å². The maximum atomic E-state index is 5.58. The lowest BCUT2D eigenvalue weighted by Crippen LogP contribution is -2.12. The van der Waals surface area contributed by atoms with Crippen molar-refractivity contribution in [1.29, 1.82) is 0 Å². The van der Waals surface area contributed by atoms with E-state index in [0.717, 1.165) is 17.3 Å². The number of nitrogens with two attached hydrogens (primary N) is 1. The summed E-state index contributed by atoms with van der Waals surface area (Å²) in [5.41, 5.74) is 3.82. The van der Waals surface area contributed by atoms with Crippen LogP contribution in [0.1, 0.15) is 0 Å². The molecule has 0 saturated heterocycles. The molecule has 2 heterocycles. The molecule has 8 nitrogen and oxygen atoms in total. The quantitative estimate of drug-likeness (QED) is 0.544. The van der Waals surface area contributed by atoms with Crippen LogP contribution in [0.15, 0.2) is 39.1 Å². The summed E-state index contributed by atoms with van der Waals surface area (Å²) in [5.74, 6) is 5.49. The number of hydrogen-bond acceptors (Lipinski definition) is 9. The summed E-state index contributed by atoms with van der Waals surface area (Å²) in [6.45, 7) is 0. The van der Waals surface area contributed by atoms with Crippen LogP contribution in [0.5, 0.6) is 6.01 Å². The summed E-state index contributed by atoms with van der Waals surface area (Å²) < 4.78 is 10.5. The Morgan fingerprint density at radius 2 is 2.05 bits per heavy atom. The summed E-state index contributed by atoms with van der Waals surface area (Å²) in [6.07, 6.45) is 0. The van der Waals surface area contributed by atoms with Gasteiger partial charge in [-0.1, -0.05) is 12.1 Å². The van der Waals surface area contributed by atoms with Crippen molar-refractivity contribution in [2.75, 3.05) is 12.5 Å². The van der Waals surface area contributed by atoms with Gasteiger partial charge in [-0.15, -0.1) is 0 Å². The largest absolute Gasteiger partial charge is 0.467 e. The molecule has 3 rings (SSSR count). The van der Waals surface area contributed by atoms with Crippen LogP contribution in [0.3, 0.4) is 0 Å². The fourth-order valence-corrected chi connectivity index (χ4v) is 2.20. The normalized spacial score (nSPS) is 10.7. The second kappa shape index (κ2) is 5.31. The van der Waals surface area contributed by atoms with Crippen molar-refractivity contribution in [1.82, 2.24) is 19.9 Å². The molecule has 3 aromatic rings. The van der Waals surface area contributed by atoms with Crippen LogP contribution in [0, 0.1) is 0 Å². The van der Waals surface area contributed by atoms with Crippen molar-refractivity contribution < 1.29 is 9.15 Å². The molecule has 0 bridgehead atoms. The van der Waals surface area contributed by atoms with Crippen molar-refractivity contribution in [3.63, 3.8) is 0 Å². The van der Waals surface area contributed by atoms with Gasteiger partial charge in [-0.25, -0.2) is 10.8 Å². The third kappa shape index (κ3) is 2.49. The minimum Gasteiger partial charge on any atom is -0.467 e. The average Bonchev–Trinajstić information content (AvgIpc) is 2.88. The van der Waals surface area contributed by atoms with Crippen molar-refractivity contribution >= 4 is 28.8 Å². The standard InChI is InChI=1S/C11H10N6O2S/c1-18-9-14-8(17-12)15-10(16-9)20-11-13-6-4-2-3-5-7(6)19-11/h2-5H,12H2,1H3,(H,14,15,16,17). The lowest BCUT2D eigenvalue weighted by molar-refractivity contribution is 0.373. The fraction of sp³-hybridized carbons (Fsp3) is 0.0909. The van der Waals surface area contributed by atoms with Crippen molar-refractivity contribution in [2.24, 2.45) is 5.84 Å². The van der Waals surface area contributed by atoms with Crippen molar-refractivity contribution in [2.45, 2.75) is 10.4 Å². The second-order valence-corrected chi connectivity index (χ2v) is 4.54. The molecule has 0 saturated carbocycles. The zero-order chi connectivity index (χ0) is 13.9. The van der Waals surface area contributed by atoms with E-state index >= 15 is 0 Å². The van der Waals surface area contributed by atoms with Crippen LogP contribution in [0.4, 0.5) is 5.95 Å². The van der Waals surface area contributed by atoms with Crippen molar-refractivity contribution in [3.8, 4) is 6.01 Å². The molecule has 1 aromatic carbocycles. The predicted molar refractivity (Wildman–Crippen MR) is 72.3 cm³/mol. The Kier molecular flexibility index (Phi) is 3.35. The van der Waals surface area contributed by atoms with Gasteiger partial charge in [0.25, 0.3) is 5.22 Å². The molecule has 102 valence electrons. The number of nitrogens with zero attached hydrogens (tertiary/aromatic N) is 4. The van der Waals surface area contributed by atoms with Gasteiger partial charge in [0.1, 0.15) is 5.52 Å². The fourth-order valence-electron chi connectivity index (χ4n) is 1.51. The maximum absolute atomic E-state index is 5.58. The lowest BCUT2D eigenvalue weighted by atomic mass is 10.3. The summed E-state index contributed by atoms with van der Waals surface area (Å²) in [7, 11) is 1.46. The first-order valence-electron chi connectivity index (χ1n) is 5.58. The molecule has 0 aliphatic carbocycles. The minimum atomic E-state index is 0.159. The Labute approximate surface area is 117 Å². The highest BCUT2D eigenvalue weighted by molar-refractivity contribution is 7.98. The predicted octanol–water partition coefficient (Wildman–Crippen LogP) is 1.46.